The Morgan fingerprint density at radius 1 is 1.50 bits per heavy atom. The number of nitrogens with zero attached hydrogens (tertiary/aromatic N) is 1. The van der Waals surface area contributed by atoms with Crippen molar-refractivity contribution in [1.29, 1.82) is 5.26 Å². The van der Waals surface area contributed by atoms with E-state index in [0.717, 1.165) is 48.7 Å². The molecule has 0 amide bonds. The SMILES string of the molecule is COc1ccc(Cl)cc1CCNCC1(C#N)CC1. The molecular weight excluding hydrogens is 248 g/mol. The molecule has 1 aliphatic carbocycles. The molecule has 1 fully saturated rings. The van der Waals surface area contributed by atoms with Crippen molar-refractivity contribution in [3.05, 3.63) is 28.8 Å². The van der Waals surface area contributed by atoms with Crippen LogP contribution in [0.1, 0.15) is 18.4 Å². The molecule has 3 nitrogen and oxygen atoms in total. The van der Waals surface area contributed by atoms with Gasteiger partial charge in [0.25, 0.3) is 0 Å². The largest absolute Gasteiger partial charge is 0.496 e. The fraction of sp³-hybridized carbons (Fsp3) is 0.500. The number of ether oxygens (including phenoxy) is 1. The third-order valence-corrected chi connectivity index (χ3v) is 3.60. The third kappa shape index (κ3) is 3.16. The molecule has 0 radical (unpaired) electrons. The molecule has 1 saturated carbocycles. The van der Waals surface area contributed by atoms with Crippen molar-refractivity contribution in [2.45, 2.75) is 19.3 Å². The number of hydrogen-bond acceptors (Lipinski definition) is 3. The molecule has 0 aromatic heterocycles. The van der Waals surface area contributed by atoms with Gasteiger partial charge in [-0.3, -0.25) is 0 Å². The number of hydrogen-bond donors (Lipinski definition) is 1. The summed E-state index contributed by atoms with van der Waals surface area (Å²) in [5.74, 6) is 0.864. The highest BCUT2D eigenvalue weighted by molar-refractivity contribution is 6.30. The number of nitriles is 1. The van der Waals surface area contributed by atoms with Gasteiger partial charge < -0.3 is 10.1 Å². The monoisotopic (exact) mass is 264 g/mol. The third-order valence-electron chi connectivity index (χ3n) is 3.37. The fourth-order valence-corrected chi connectivity index (χ4v) is 2.17. The molecular formula is C14H17ClN2O. The van der Waals surface area contributed by atoms with Gasteiger partial charge in [0.05, 0.1) is 18.6 Å². The van der Waals surface area contributed by atoms with Crippen LogP contribution in [-0.4, -0.2) is 20.2 Å². The van der Waals surface area contributed by atoms with Crippen LogP contribution in [0.2, 0.25) is 5.02 Å². The average molecular weight is 265 g/mol. The first-order valence-electron chi connectivity index (χ1n) is 6.13. The zero-order chi connectivity index (χ0) is 13.0. The summed E-state index contributed by atoms with van der Waals surface area (Å²) in [6.45, 7) is 1.62. The number of benzene rings is 1. The average Bonchev–Trinajstić information content (AvgIpc) is 3.16. The molecule has 0 aliphatic heterocycles. The van der Waals surface area contributed by atoms with Crippen LogP contribution < -0.4 is 10.1 Å². The lowest BCUT2D eigenvalue weighted by atomic mass is 10.1. The van der Waals surface area contributed by atoms with E-state index in [1.807, 2.05) is 18.2 Å². The van der Waals surface area contributed by atoms with Crippen LogP contribution in [0, 0.1) is 16.7 Å². The van der Waals surface area contributed by atoms with Crippen LogP contribution in [0.5, 0.6) is 5.75 Å². The van der Waals surface area contributed by atoms with Crippen LogP contribution >= 0.6 is 11.6 Å². The molecule has 1 aliphatic rings. The topological polar surface area (TPSA) is 45.0 Å². The quantitative estimate of drug-likeness (QED) is 0.804. The summed E-state index contributed by atoms with van der Waals surface area (Å²) >= 11 is 5.97. The van der Waals surface area contributed by atoms with Gasteiger partial charge in [0, 0.05) is 11.6 Å². The normalized spacial score (nSPS) is 16.1. The molecule has 0 bridgehead atoms. The minimum atomic E-state index is -0.0849. The van der Waals surface area contributed by atoms with Crippen molar-refractivity contribution in [2.24, 2.45) is 5.41 Å². The summed E-state index contributed by atoms with van der Waals surface area (Å²) in [6, 6.07) is 8.01. The maximum absolute atomic E-state index is 8.96. The second-order valence-corrected chi connectivity index (χ2v) is 5.21. The first-order chi connectivity index (χ1) is 8.69. The number of methoxy groups -OCH3 is 1. The van der Waals surface area contributed by atoms with Gasteiger partial charge in [-0.05, 0) is 49.6 Å². The molecule has 0 spiro atoms. The van der Waals surface area contributed by atoms with E-state index in [0.29, 0.717) is 0 Å². The Morgan fingerprint density at radius 3 is 2.89 bits per heavy atom. The van der Waals surface area contributed by atoms with Crippen molar-refractivity contribution in [1.82, 2.24) is 5.32 Å². The highest BCUT2D eigenvalue weighted by atomic mass is 35.5. The maximum Gasteiger partial charge on any atom is 0.122 e. The molecule has 4 heteroatoms. The summed E-state index contributed by atoms with van der Waals surface area (Å²) in [5, 5.41) is 13.0. The summed E-state index contributed by atoms with van der Waals surface area (Å²) < 4.78 is 5.29. The molecule has 0 unspecified atom stereocenters. The van der Waals surface area contributed by atoms with E-state index in [1.165, 1.54) is 0 Å². The predicted molar refractivity (Wildman–Crippen MR) is 71.9 cm³/mol. The van der Waals surface area contributed by atoms with Gasteiger partial charge in [0.2, 0.25) is 0 Å². The summed E-state index contributed by atoms with van der Waals surface area (Å²) in [4.78, 5) is 0. The summed E-state index contributed by atoms with van der Waals surface area (Å²) in [6.07, 6.45) is 2.90. The Morgan fingerprint density at radius 2 is 2.28 bits per heavy atom. The van der Waals surface area contributed by atoms with Gasteiger partial charge in [-0.1, -0.05) is 11.6 Å². The van der Waals surface area contributed by atoms with Gasteiger partial charge in [0.1, 0.15) is 5.75 Å². The minimum absolute atomic E-state index is 0.0849. The van der Waals surface area contributed by atoms with Crippen LogP contribution in [0.4, 0.5) is 0 Å². The standard InChI is InChI=1S/C14H17ClN2O/c1-18-13-3-2-12(15)8-11(13)4-7-17-10-14(9-16)5-6-14/h2-3,8,17H,4-7,10H2,1H3. The molecule has 1 aromatic carbocycles. The predicted octanol–water partition coefficient (Wildman–Crippen LogP) is 2.78. The van der Waals surface area contributed by atoms with Crippen LogP contribution in [0.25, 0.3) is 0 Å². The maximum atomic E-state index is 8.96. The molecule has 1 aromatic rings. The summed E-state index contributed by atoms with van der Waals surface area (Å²) in [7, 11) is 1.66. The molecule has 18 heavy (non-hydrogen) atoms. The van der Waals surface area contributed by atoms with Gasteiger partial charge in [0.15, 0.2) is 0 Å². The Kier molecular flexibility index (Phi) is 4.11. The Labute approximate surface area is 113 Å². The Balaban J connectivity index is 1.83. The lowest BCUT2D eigenvalue weighted by Crippen LogP contribution is -2.25. The zero-order valence-electron chi connectivity index (χ0n) is 10.5. The molecule has 96 valence electrons. The van der Waals surface area contributed by atoms with Crippen molar-refractivity contribution in [3.8, 4) is 11.8 Å². The number of halogens is 1. The van der Waals surface area contributed by atoms with E-state index in [9.17, 15) is 0 Å². The van der Waals surface area contributed by atoms with Crippen LogP contribution in [0.15, 0.2) is 18.2 Å². The van der Waals surface area contributed by atoms with E-state index >= 15 is 0 Å². The van der Waals surface area contributed by atoms with E-state index in [-0.39, 0.29) is 5.41 Å². The van der Waals surface area contributed by atoms with E-state index in [2.05, 4.69) is 11.4 Å². The van der Waals surface area contributed by atoms with Crippen molar-refractivity contribution in [3.63, 3.8) is 0 Å². The van der Waals surface area contributed by atoms with E-state index in [4.69, 9.17) is 21.6 Å². The molecule has 1 N–H and O–H groups in total. The summed E-state index contributed by atoms with van der Waals surface area (Å²) in [5.41, 5.74) is 1.01. The highest BCUT2D eigenvalue weighted by Gasteiger charge is 2.42. The van der Waals surface area contributed by atoms with Gasteiger partial charge in [-0.15, -0.1) is 0 Å². The second-order valence-electron chi connectivity index (χ2n) is 4.78. The zero-order valence-corrected chi connectivity index (χ0v) is 11.3. The lowest BCUT2D eigenvalue weighted by Gasteiger charge is -2.11. The molecule has 2 rings (SSSR count). The van der Waals surface area contributed by atoms with Gasteiger partial charge in [-0.25, -0.2) is 0 Å². The highest BCUT2D eigenvalue weighted by Crippen LogP contribution is 2.43. The minimum Gasteiger partial charge on any atom is -0.496 e. The number of rotatable bonds is 6. The fourth-order valence-electron chi connectivity index (χ4n) is 1.97. The van der Waals surface area contributed by atoms with Gasteiger partial charge in [-0.2, -0.15) is 5.26 Å². The Hall–Kier alpha value is -1.24. The molecule has 0 heterocycles. The van der Waals surface area contributed by atoms with Gasteiger partial charge >= 0.3 is 0 Å². The first kappa shape index (κ1) is 13.2. The van der Waals surface area contributed by atoms with Crippen LogP contribution in [0.3, 0.4) is 0 Å². The van der Waals surface area contributed by atoms with Crippen molar-refractivity contribution < 1.29 is 4.74 Å². The van der Waals surface area contributed by atoms with Crippen molar-refractivity contribution in [2.75, 3.05) is 20.2 Å². The second kappa shape index (κ2) is 5.60. The Bertz CT molecular complexity index is 463. The smallest absolute Gasteiger partial charge is 0.122 e. The van der Waals surface area contributed by atoms with E-state index < -0.39 is 0 Å². The number of nitrogens with one attached hydrogen (secondary N) is 1. The molecule has 0 atom stereocenters. The van der Waals surface area contributed by atoms with E-state index in [1.54, 1.807) is 7.11 Å². The first-order valence-corrected chi connectivity index (χ1v) is 6.51. The van der Waals surface area contributed by atoms with Crippen LogP contribution in [-0.2, 0) is 6.42 Å². The lowest BCUT2D eigenvalue weighted by molar-refractivity contribution is 0.409. The molecule has 0 saturated heterocycles. The van der Waals surface area contributed by atoms with Crippen molar-refractivity contribution >= 4 is 11.6 Å².